The molecule has 3 aliphatic rings. The van der Waals surface area contributed by atoms with Crippen LogP contribution in [0, 0.1) is 10.8 Å². The van der Waals surface area contributed by atoms with Crippen LogP contribution in [0.3, 0.4) is 0 Å². The molecule has 0 spiro atoms. The molecule has 2 heterocycles. The Bertz CT molecular complexity index is 1980. The fourth-order valence-corrected chi connectivity index (χ4v) is 9.71. The van der Waals surface area contributed by atoms with Crippen molar-refractivity contribution in [2.75, 3.05) is 24.1 Å². The number of unbranched alkanes of at least 4 members (excludes halogenated alkanes) is 2. The van der Waals surface area contributed by atoms with Gasteiger partial charge in [-0.2, -0.15) is 0 Å². The molecule has 1 saturated carbocycles. The van der Waals surface area contributed by atoms with E-state index in [2.05, 4.69) is 84.8 Å². The van der Waals surface area contributed by atoms with Gasteiger partial charge in [-0.25, -0.2) is 0 Å². The molecule has 4 aromatic rings. The maximum absolute atomic E-state index is 12.8. The number of amides is 2. The van der Waals surface area contributed by atoms with Crippen LogP contribution in [0.1, 0.15) is 113 Å². The lowest BCUT2D eigenvalue weighted by atomic mass is 9.65. The molecular formula is C48H60N4O5. The van der Waals surface area contributed by atoms with E-state index in [0.717, 1.165) is 59.3 Å². The molecule has 0 aromatic heterocycles. The van der Waals surface area contributed by atoms with Crippen LogP contribution in [0.5, 0.6) is 0 Å². The van der Waals surface area contributed by atoms with Crippen molar-refractivity contribution in [3.63, 3.8) is 0 Å². The summed E-state index contributed by atoms with van der Waals surface area (Å²) in [5.41, 5.74) is 13.9. The second-order valence-corrected chi connectivity index (χ2v) is 17.7. The number of nitrogens with zero attached hydrogens (tertiary/aromatic N) is 1. The number of fused-ring (bicyclic) bond motifs is 2. The van der Waals surface area contributed by atoms with Crippen LogP contribution in [0.25, 0.3) is 11.1 Å². The third-order valence-electron chi connectivity index (χ3n) is 12.1. The number of para-hydroxylation sites is 2. The summed E-state index contributed by atoms with van der Waals surface area (Å²) in [4.78, 5) is 27.8. The summed E-state index contributed by atoms with van der Waals surface area (Å²) in [6.07, 6.45) is 6.91. The maximum Gasteiger partial charge on any atom is 0.224 e. The Morgan fingerprint density at radius 2 is 1.53 bits per heavy atom. The summed E-state index contributed by atoms with van der Waals surface area (Å²) in [5.74, 6) is -0.0731. The van der Waals surface area contributed by atoms with Crippen LogP contribution < -0.4 is 16.4 Å². The lowest BCUT2D eigenvalue weighted by Crippen LogP contribution is -2.42. The highest BCUT2D eigenvalue weighted by molar-refractivity contribution is 5.93. The normalized spacial score (nSPS) is 24.2. The molecule has 9 nitrogen and oxygen atoms in total. The van der Waals surface area contributed by atoms with E-state index in [9.17, 15) is 14.7 Å². The van der Waals surface area contributed by atoms with Crippen LogP contribution in [0.15, 0.2) is 97.1 Å². The molecule has 5 atom stereocenters. The first kappa shape index (κ1) is 40.6. The van der Waals surface area contributed by atoms with Crippen molar-refractivity contribution in [3.8, 4) is 11.1 Å². The SMILES string of the molecule is CC1(C)CC2CC(C)(CN2C[C@@H]2C[C@H](c3ccc(CO)cc3)O[C@H](c3ccc(-c4ccccc4CNC(=O)CCCCCC(=O)Nc4ccccc4N)cc3)O2)C1. The van der Waals surface area contributed by atoms with E-state index >= 15 is 0 Å². The number of carbonyl (C=O) groups excluding carboxylic acids is 2. The molecule has 2 aliphatic heterocycles. The first-order valence-electron chi connectivity index (χ1n) is 20.8. The van der Waals surface area contributed by atoms with Crippen LogP contribution >= 0.6 is 0 Å². The average molecular weight is 773 g/mol. The number of aliphatic hydroxyl groups is 1. The van der Waals surface area contributed by atoms with Crippen LogP contribution in [0.2, 0.25) is 0 Å². The van der Waals surface area contributed by atoms with Crippen molar-refractivity contribution in [1.29, 1.82) is 0 Å². The number of ether oxygens (including phenoxy) is 2. The summed E-state index contributed by atoms with van der Waals surface area (Å²) in [6, 6.07) is 32.5. The van der Waals surface area contributed by atoms with Crippen LogP contribution in [0.4, 0.5) is 11.4 Å². The zero-order valence-electron chi connectivity index (χ0n) is 33.8. The number of rotatable bonds is 15. The van der Waals surface area contributed by atoms with Crippen molar-refractivity contribution in [2.45, 2.75) is 116 Å². The average Bonchev–Trinajstić information content (AvgIpc) is 3.44. The number of nitrogens with two attached hydrogens (primary N) is 1. The highest BCUT2D eigenvalue weighted by Gasteiger charge is 2.50. The van der Waals surface area contributed by atoms with E-state index in [4.69, 9.17) is 15.2 Å². The second kappa shape index (κ2) is 17.9. The summed E-state index contributed by atoms with van der Waals surface area (Å²) in [6.45, 7) is 9.76. The van der Waals surface area contributed by atoms with E-state index in [1.165, 1.54) is 19.3 Å². The summed E-state index contributed by atoms with van der Waals surface area (Å²) in [5, 5.41) is 15.6. The number of nitrogen functional groups attached to an aromatic ring is 1. The third kappa shape index (κ3) is 10.5. The van der Waals surface area contributed by atoms with E-state index in [0.29, 0.717) is 60.5 Å². The number of carbonyl (C=O) groups is 2. The van der Waals surface area contributed by atoms with Gasteiger partial charge in [0.1, 0.15) is 0 Å². The predicted octanol–water partition coefficient (Wildman–Crippen LogP) is 9.08. The van der Waals surface area contributed by atoms with Crippen molar-refractivity contribution in [2.24, 2.45) is 10.8 Å². The Kier molecular flexibility index (Phi) is 12.8. The zero-order valence-corrected chi connectivity index (χ0v) is 33.8. The smallest absolute Gasteiger partial charge is 0.224 e. The van der Waals surface area contributed by atoms with Crippen molar-refractivity contribution in [1.82, 2.24) is 10.2 Å². The molecule has 9 heteroatoms. The van der Waals surface area contributed by atoms with Gasteiger partial charge in [0.2, 0.25) is 11.8 Å². The Labute approximate surface area is 338 Å². The van der Waals surface area contributed by atoms with E-state index in [-0.39, 0.29) is 30.6 Å². The number of benzene rings is 4. The molecule has 0 radical (unpaired) electrons. The highest BCUT2D eigenvalue weighted by atomic mass is 16.7. The number of likely N-dealkylation sites (tertiary alicyclic amines) is 1. The molecular weight excluding hydrogens is 713 g/mol. The molecule has 5 N–H and O–H groups in total. The minimum atomic E-state index is -0.513. The molecule has 2 saturated heterocycles. The monoisotopic (exact) mass is 772 g/mol. The molecule has 4 aromatic carbocycles. The van der Waals surface area contributed by atoms with E-state index in [1.54, 1.807) is 12.1 Å². The van der Waals surface area contributed by atoms with Gasteiger partial charge in [-0.05, 0) is 82.9 Å². The van der Waals surface area contributed by atoms with Gasteiger partial charge in [-0.3, -0.25) is 14.5 Å². The molecule has 2 amide bonds. The first-order chi connectivity index (χ1) is 27.5. The Balaban J connectivity index is 0.951. The zero-order chi connectivity index (χ0) is 40.0. The van der Waals surface area contributed by atoms with E-state index in [1.807, 2.05) is 36.4 Å². The Morgan fingerprint density at radius 3 is 2.28 bits per heavy atom. The molecule has 2 bridgehead atoms. The molecule has 302 valence electrons. The molecule has 7 rings (SSSR count). The van der Waals surface area contributed by atoms with E-state index < -0.39 is 6.29 Å². The van der Waals surface area contributed by atoms with Crippen molar-refractivity contribution < 1.29 is 24.2 Å². The van der Waals surface area contributed by atoms with Gasteiger partial charge in [0.05, 0.1) is 30.2 Å². The predicted molar refractivity (Wildman–Crippen MR) is 226 cm³/mol. The maximum atomic E-state index is 12.8. The summed E-state index contributed by atoms with van der Waals surface area (Å²) in [7, 11) is 0. The molecule has 2 unspecified atom stereocenters. The van der Waals surface area contributed by atoms with Crippen LogP contribution in [-0.4, -0.2) is 47.1 Å². The molecule has 57 heavy (non-hydrogen) atoms. The quantitative estimate of drug-likeness (QED) is 0.0702. The lowest BCUT2D eigenvalue weighted by Gasteiger charge is -2.41. The minimum Gasteiger partial charge on any atom is -0.397 e. The van der Waals surface area contributed by atoms with Gasteiger partial charge in [0.15, 0.2) is 6.29 Å². The summed E-state index contributed by atoms with van der Waals surface area (Å²) >= 11 is 0. The number of hydrogen-bond acceptors (Lipinski definition) is 7. The van der Waals surface area contributed by atoms with Crippen molar-refractivity contribution >= 4 is 23.2 Å². The molecule has 3 fully saturated rings. The van der Waals surface area contributed by atoms with Gasteiger partial charge < -0.3 is 30.9 Å². The third-order valence-corrected chi connectivity index (χ3v) is 12.1. The lowest BCUT2D eigenvalue weighted by molar-refractivity contribution is -0.253. The van der Waals surface area contributed by atoms with Gasteiger partial charge >= 0.3 is 0 Å². The topological polar surface area (TPSA) is 126 Å². The van der Waals surface area contributed by atoms with Crippen molar-refractivity contribution in [3.05, 3.63) is 119 Å². The van der Waals surface area contributed by atoms with Gasteiger partial charge in [-0.1, -0.05) is 112 Å². The fraction of sp³-hybridized carbons (Fsp3) is 0.458. The Morgan fingerprint density at radius 1 is 0.825 bits per heavy atom. The number of aliphatic hydroxyl groups excluding tert-OH is 1. The second-order valence-electron chi connectivity index (χ2n) is 17.7. The van der Waals surface area contributed by atoms with Gasteiger partial charge in [0, 0.05) is 50.5 Å². The first-order valence-corrected chi connectivity index (χ1v) is 20.8. The number of nitrogens with one attached hydrogen (secondary N) is 2. The molecule has 1 aliphatic carbocycles. The number of anilines is 2. The van der Waals surface area contributed by atoms with Gasteiger partial charge in [-0.15, -0.1) is 0 Å². The number of hydrogen-bond donors (Lipinski definition) is 4. The van der Waals surface area contributed by atoms with Gasteiger partial charge in [0.25, 0.3) is 0 Å². The fourth-order valence-electron chi connectivity index (χ4n) is 9.71. The largest absolute Gasteiger partial charge is 0.397 e. The highest BCUT2D eigenvalue weighted by Crippen LogP contribution is 2.53. The van der Waals surface area contributed by atoms with Crippen LogP contribution in [-0.2, 0) is 32.2 Å². The summed E-state index contributed by atoms with van der Waals surface area (Å²) < 4.78 is 13.5. The standard InChI is InChI=1S/C48H60N4O5/c1-47(2)26-38-27-48(3,31-47)32-52(38)29-39-25-43(35-19-17-33(30-53)18-20-35)57-46(56-39)36-23-21-34(22-24-36)40-12-8-7-11-37(40)28-50-44(54)15-5-4-6-16-45(55)51-42-14-10-9-13-41(42)49/h7-14,17-24,38-39,43,46,53H,4-6,15-16,25-32,49H2,1-3H3,(H,50,54)(H,51,55)/t38?,39-,43+,46+,48?/m0/s1. The Hall–Kier alpha value is -4.54. The minimum absolute atomic E-state index is 0.00133.